The maximum Gasteiger partial charge on any atom is 0.410 e. The molecule has 90 valence electrons. The van der Waals surface area contributed by atoms with Gasteiger partial charge in [-0.15, -0.1) is 0 Å². The first kappa shape index (κ1) is 12.5. The quantitative estimate of drug-likeness (QED) is 0.710. The zero-order valence-corrected chi connectivity index (χ0v) is 9.09. The molecule has 16 heavy (non-hydrogen) atoms. The molecule has 0 unspecified atom stereocenters. The van der Waals surface area contributed by atoms with E-state index >= 15 is 0 Å². The van der Waals surface area contributed by atoms with Crippen LogP contribution in [0, 0.1) is 0 Å². The van der Waals surface area contributed by atoms with Crippen LogP contribution in [0.5, 0.6) is 0 Å². The summed E-state index contributed by atoms with van der Waals surface area (Å²) in [6.45, 7) is 3.72. The maximum absolute atomic E-state index is 11.5. The molecular formula is C10H15NO5. The Morgan fingerprint density at radius 3 is 2.81 bits per heavy atom. The third-order valence-electron chi connectivity index (χ3n) is 2.44. The van der Waals surface area contributed by atoms with Crippen molar-refractivity contribution in [3.8, 4) is 0 Å². The van der Waals surface area contributed by atoms with Crippen LogP contribution in [0.2, 0.25) is 0 Å². The molecule has 6 heteroatoms. The number of amides is 1. The average Bonchev–Trinajstić information content (AvgIpc) is 2.70. The lowest BCUT2D eigenvalue weighted by Gasteiger charge is -2.19. The van der Waals surface area contributed by atoms with Crippen molar-refractivity contribution in [2.24, 2.45) is 0 Å². The zero-order valence-electron chi connectivity index (χ0n) is 9.09. The van der Waals surface area contributed by atoms with Gasteiger partial charge in [0.1, 0.15) is 12.6 Å². The topological polar surface area (TPSA) is 76.1 Å². The van der Waals surface area contributed by atoms with Crippen LogP contribution in [-0.4, -0.2) is 54.5 Å². The highest BCUT2D eigenvalue weighted by Crippen LogP contribution is 2.21. The van der Waals surface area contributed by atoms with Gasteiger partial charge < -0.3 is 14.6 Å². The Labute approximate surface area is 93.4 Å². The van der Waals surface area contributed by atoms with Crippen molar-refractivity contribution in [2.45, 2.75) is 18.6 Å². The summed E-state index contributed by atoms with van der Waals surface area (Å²) in [5, 5.41) is 8.95. The van der Waals surface area contributed by atoms with E-state index in [1.807, 2.05) is 0 Å². The van der Waals surface area contributed by atoms with Gasteiger partial charge in [-0.1, -0.05) is 12.7 Å². The van der Waals surface area contributed by atoms with E-state index in [-0.39, 0.29) is 25.7 Å². The number of hydrogen-bond acceptors (Lipinski definition) is 4. The Morgan fingerprint density at radius 1 is 1.62 bits per heavy atom. The first-order valence-electron chi connectivity index (χ1n) is 4.90. The van der Waals surface area contributed by atoms with Crippen molar-refractivity contribution in [1.29, 1.82) is 0 Å². The number of nitrogens with zero attached hydrogens (tertiary/aromatic N) is 1. The second-order valence-corrected chi connectivity index (χ2v) is 3.47. The summed E-state index contributed by atoms with van der Waals surface area (Å²) < 4.78 is 9.84. The highest BCUT2D eigenvalue weighted by Gasteiger charge is 2.40. The molecule has 1 N–H and O–H groups in total. The monoisotopic (exact) mass is 229 g/mol. The summed E-state index contributed by atoms with van der Waals surface area (Å²) in [6, 6.07) is -0.873. The number of likely N-dealkylation sites (tertiary alicyclic amines) is 1. The minimum atomic E-state index is -1.05. The largest absolute Gasteiger partial charge is 0.480 e. The predicted octanol–water partition coefficient (Wildman–Crippen LogP) is 0.483. The molecule has 0 aromatic carbocycles. The number of methoxy groups -OCH3 is 1. The van der Waals surface area contributed by atoms with Crippen molar-refractivity contribution < 1.29 is 24.2 Å². The van der Waals surface area contributed by atoms with Crippen LogP contribution in [0.15, 0.2) is 12.7 Å². The van der Waals surface area contributed by atoms with Crippen LogP contribution < -0.4 is 0 Å². The number of ether oxygens (including phenoxy) is 2. The van der Waals surface area contributed by atoms with Gasteiger partial charge in [0.2, 0.25) is 0 Å². The molecule has 1 rings (SSSR count). The predicted molar refractivity (Wildman–Crippen MR) is 55.1 cm³/mol. The summed E-state index contributed by atoms with van der Waals surface area (Å²) in [6.07, 6.45) is 0.816. The zero-order chi connectivity index (χ0) is 12.1. The van der Waals surface area contributed by atoms with Crippen molar-refractivity contribution >= 4 is 12.1 Å². The van der Waals surface area contributed by atoms with Crippen LogP contribution in [0.3, 0.4) is 0 Å². The van der Waals surface area contributed by atoms with Gasteiger partial charge in [0.15, 0.2) is 0 Å². The van der Waals surface area contributed by atoms with Gasteiger partial charge in [-0.3, -0.25) is 4.90 Å². The van der Waals surface area contributed by atoms with Crippen LogP contribution in [0.4, 0.5) is 4.79 Å². The van der Waals surface area contributed by atoms with E-state index in [2.05, 4.69) is 6.58 Å². The molecule has 6 nitrogen and oxygen atoms in total. The summed E-state index contributed by atoms with van der Waals surface area (Å²) in [4.78, 5) is 23.6. The number of carboxylic acids is 1. The molecule has 0 spiro atoms. The number of hydrogen-bond donors (Lipinski definition) is 1. The molecule has 0 aliphatic carbocycles. The van der Waals surface area contributed by atoms with Crippen molar-refractivity contribution in [2.75, 3.05) is 20.3 Å². The fourth-order valence-corrected chi connectivity index (χ4v) is 1.62. The molecule has 1 fully saturated rings. The summed E-state index contributed by atoms with van der Waals surface area (Å²) in [7, 11) is 1.49. The van der Waals surface area contributed by atoms with E-state index in [4.69, 9.17) is 14.6 Å². The van der Waals surface area contributed by atoms with Crippen LogP contribution >= 0.6 is 0 Å². The molecule has 2 atom stereocenters. The van der Waals surface area contributed by atoms with E-state index in [0.717, 1.165) is 0 Å². The minimum absolute atomic E-state index is 0.0688. The second-order valence-electron chi connectivity index (χ2n) is 3.47. The molecule has 1 heterocycles. The lowest BCUT2D eigenvalue weighted by molar-refractivity contribution is -0.141. The van der Waals surface area contributed by atoms with Gasteiger partial charge in [0.05, 0.1) is 12.6 Å². The van der Waals surface area contributed by atoms with Gasteiger partial charge in [0, 0.05) is 13.5 Å². The van der Waals surface area contributed by atoms with E-state index in [1.54, 1.807) is 0 Å². The SMILES string of the molecule is C=CCOC(=O)N1C[C@@H](OC)C[C@H]1C(=O)O. The van der Waals surface area contributed by atoms with Crippen molar-refractivity contribution in [3.63, 3.8) is 0 Å². The number of carbonyl (C=O) groups is 2. The fraction of sp³-hybridized carbons (Fsp3) is 0.600. The van der Waals surface area contributed by atoms with E-state index in [9.17, 15) is 9.59 Å². The van der Waals surface area contributed by atoms with Gasteiger partial charge >= 0.3 is 12.1 Å². The molecule has 0 radical (unpaired) electrons. The molecule has 1 amide bonds. The Balaban J connectivity index is 2.64. The average molecular weight is 229 g/mol. The summed E-state index contributed by atoms with van der Waals surface area (Å²) >= 11 is 0. The normalized spacial score (nSPS) is 24.2. The first-order chi connectivity index (χ1) is 7.60. The van der Waals surface area contributed by atoms with Crippen LogP contribution in [0.1, 0.15) is 6.42 Å². The van der Waals surface area contributed by atoms with E-state index in [1.165, 1.54) is 18.1 Å². The van der Waals surface area contributed by atoms with Gasteiger partial charge in [0.25, 0.3) is 0 Å². The Bertz CT molecular complexity index is 291. The number of rotatable bonds is 4. The fourth-order valence-electron chi connectivity index (χ4n) is 1.62. The van der Waals surface area contributed by atoms with Gasteiger partial charge in [-0.2, -0.15) is 0 Å². The maximum atomic E-state index is 11.5. The van der Waals surface area contributed by atoms with E-state index < -0.39 is 18.1 Å². The minimum Gasteiger partial charge on any atom is -0.480 e. The second kappa shape index (κ2) is 5.50. The highest BCUT2D eigenvalue weighted by atomic mass is 16.6. The molecule has 0 saturated carbocycles. The van der Waals surface area contributed by atoms with Gasteiger partial charge in [-0.05, 0) is 0 Å². The molecule has 1 saturated heterocycles. The summed E-state index contributed by atoms with van der Waals surface area (Å²) in [5.41, 5.74) is 0. The van der Waals surface area contributed by atoms with Crippen LogP contribution in [0.25, 0.3) is 0 Å². The van der Waals surface area contributed by atoms with Crippen molar-refractivity contribution in [1.82, 2.24) is 4.90 Å². The molecule has 1 aliphatic heterocycles. The number of aliphatic carboxylic acids is 1. The molecule has 0 aromatic rings. The lowest BCUT2D eigenvalue weighted by Crippen LogP contribution is -2.40. The number of carboxylic acid groups (broad SMARTS) is 1. The molecule has 0 aromatic heterocycles. The smallest absolute Gasteiger partial charge is 0.410 e. The van der Waals surface area contributed by atoms with E-state index in [0.29, 0.717) is 0 Å². The molecular weight excluding hydrogens is 214 g/mol. The molecule has 1 aliphatic rings. The Morgan fingerprint density at radius 2 is 2.31 bits per heavy atom. The molecule has 0 bridgehead atoms. The Hall–Kier alpha value is -1.56. The first-order valence-corrected chi connectivity index (χ1v) is 4.90. The summed E-state index contributed by atoms with van der Waals surface area (Å²) in [5.74, 6) is -1.05. The Kier molecular flexibility index (Phi) is 4.30. The highest BCUT2D eigenvalue weighted by molar-refractivity contribution is 5.80. The van der Waals surface area contributed by atoms with Crippen LogP contribution in [-0.2, 0) is 14.3 Å². The lowest BCUT2D eigenvalue weighted by atomic mass is 10.2. The van der Waals surface area contributed by atoms with Crippen molar-refractivity contribution in [3.05, 3.63) is 12.7 Å². The third kappa shape index (κ3) is 2.73. The standard InChI is InChI=1S/C10H15NO5/c1-3-4-16-10(14)11-6-7(15-2)5-8(11)9(12)13/h3,7-8H,1,4-6H2,2H3,(H,12,13)/t7-,8-/m0/s1. The third-order valence-corrected chi connectivity index (χ3v) is 2.44. The number of carbonyl (C=O) groups excluding carboxylic acids is 1. The van der Waals surface area contributed by atoms with Gasteiger partial charge in [-0.25, -0.2) is 9.59 Å².